The number of rotatable bonds is 6. The summed E-state index contributed by atoms with van der Waals surface area (Å²) < 4.78 is 0. The summed E-state index contributed by atoms with van der Waals surface area (Å²) in [4.78, 5) is 56.9. The molecule has 5 rings (SSSR count). The molecule has 3 N–H and O–H groups in total. The van der Waals surface area contributed by atoms with E-state index < -0.39 is 23.5 Å². The van der Waals surface area contributed by atoms with Gasteiger partial charge in [-0.05, 0) is 54.7 Å². The summed E-state index contributed by atoms with van der Waals surface area (Å²) in [5.74, 6) is -0.888. The van der Waals surface area contributed by atoms with Crippen LogP contribution in [0.15, 0.2) is 54.6 Å². The van der Waals surface area contributed by atoms with Gasteiger partial charge < -0.3 is 15.5 Å². The lowest BCUT2D eigenvalue weighted by atomic mass is 9.93. The first-order chi connectivity index (χ1) is 18.1. The van der Waals surface area contributed by atoms with Crippen molar-refractivity contribution in [3.8, 4) is 0 Å². The number of benzene rings is 2. The van der Waals surface area contributed by atoms with E-state index >= 15 is 0 Å². The molecule has 2 aromatic carbocycles. The molecule has 1 aromatic heterocycles. The number of aryl methyl sites for hydroxylation is 1. The third-order valence-corrected chi connectivity index (χ3v) is 7.19. The highest BCUT2D eigenvalue weighted by Crippen LogP contribution is 2.27. The first kappa shape index (κ1) is 25.4. The summed E-state index contributed by atoms with van der Waals surface area (Å²) in [6, 6.07) is 16.0. The van der Waals surface area contributed by atoms with Gasteiger partial charge in [0.2, 0.25) is 5.91 Å². The predicted octanol–water partition coefficient (Wildman–Crippen LogP) is 2.70. The third kappa shape index (κ3) is 4.83. The van der Waals surface area contributed by atoms with Crippen LogP contribution >= 0.6 is 0 Å². The Kier molecular flexibility index (Phi) is 6.60. The molecule has 0 bridgehead atoms. The topological polar surface area (TPSA) is 121 Å². The number of hydrogen-bond acceptors (Lipinski definition) is 5. The second-order valence-corrected chi connectivity index (χ2v) is 10.6. The minimum absolute atomic E-state index is 0.0132. The standard InChI is InChI=1S/C29H31N5O4/c1-17(2)12-25(35)34-15-24(29(16-34)27(37)32-28(38)33-29)31-26(36)20-10-8-19(9-11-20)14-21-13-18(3)30-23-7-5-4-6-22(21)23/h4-11,13,17,24H,12,14-16H2,1-3H3,(H,31,36)(H2,32,33,37,38). The number of fused-ring (bicyclic) bond motifs is 1. The van der Waals surface area contributed by atoms with E-state index in [4.69, 9.17) is 0 Å². The van der Waals surface area contributed by atoms with Gasteiger partial charge in [0, 0.05) is 29.6 Å². The zero-order chi connectivity index (χ0) is 27.0. The van der Waals surface area contributed by atoms with Gasteiger partial charge in [0.25, 0.3) is 11.8 Å². The van der Waals surface area contributed by atoms with Crippen molar-refractivity contribution in [3.63, 3.8) is 0 Å². The number of nitrogens with one attached hydrogen (secondary N) is 3. The summed E-state index contributed by atoms with van der Waals surface area (Å²) in [5, 5.41) is 8.92. The SMILES string of the molecule is Cc1cc(Cc2ccc(C(=O)NC3CN(C(=O)CC(C)C)CC34NC(=O)NC4=O)cc2)c2ccccc2n1. The molecule has 2 saturated heterocycles. The summed E-state index contributed by atoms with van der Waals surface area (Å²) in [6.45, 7) is 6.00. The average Bonchev–Trinajstić information content (AvgIpc) is 3.37. The fraction of sp³-hybridized carbons (Fsp3) is 0.345. The molecule has 2 atom stereocenters. The van der Waals surface area contributed by atoms with Crippen molar-refractivity contribution < 1.29 is 19.2 Å². The minimum atomic E-state index is -1.39. The lowest BCUT2D eigenvalue weighted by Crippen LogP contribution is -2.62. The summed E-state index contributed by atoms with van der Waals surface area (Å²) in [5.41, 5.74) is 3.14. The number of urea groups is 1. The quantitative estimate of drug-likeness (QED) is 0.438. The fourth-order valence-electron chi connectivity index (χ4n) is 5.33. The second-order valence-electron chi connectivity index (χ2n) is 10.6. The van der Waals surface area contributed by atoms with Crippen LogP contribution in [0.3, 0.4) is 0 Å². The lowest BCUT2D eigenvalue weighted by Gasteiger charge is -2.27. The van der Waals surface area contributed by atoms with Gasteiger partial charge in [0.1, 0.15) is 0 Å². The Hall–Kier alpha value is -4.27. The number of hydrogen-bond donors (Lipinski definition) is 3. The van der Waals surface area contributed by atoms with E-state index in [-0.39, 0.29) is 30.8 Å². The third-order valence-electron chi connectivity index (χ3n) is 7.19. The Labute approximate surface area is 221 Å². The van der Waals surface area contributed by atoms with Crippen LogP contribution in [-0.2, 0) is 16.0 Å². The van der Waals surface area contributed by atoms with Crippen LogP contribution in [0, 0.1) is 12.8 Å². The smallest absolute Gasteiger partial charge is 0.322 e. The van der Waals surface area contributed by atoms with Crippen LogP contribution < -0.4 is 16.0 Å². The minimum Gasteiger partial charge on any atom is -0.345 e. The lowest BCUT2D eigenvalue weighted by molar-refractivity contribution is -0.131. The number of nitrogens with zero attached hydrogens (tertiary/aromatic N) is 2. The molecular weight excluding hydrogens is 482 g/mol. The van der Waals surface area contributed by atoms with Crippen molar-refractivity contribution in [3.05, 3.63) is 77.0 Å². The molecule has 38 heavy (non-hydrogen) atoms. The van der Waals surface area contributed by atoms with Gasteiger partial charge in [-0.3, -0.25) is 24.7 Å². The Balaban J connectivity index is 1.32. The van der Waals surface area contributed by atoms with E-state index in [1.165, 1.54) is 0 Å². The first-order valence-corrected chi connectivity index (χ1v) is 12.8. The van der Waals surface area contributed by atoms with Gasteiger partial charge in [-0.1, -0.05) is 44.2 Å². The predicted molar refractivity (Wildman–Crippen MR) is 142 cm³/mol. The van der Waals surface area contributed by atoms with Crippen LogP contribution in [0.5, 0.6) is 0 Å². The molecule has 2 aliphatic heterocycles. The van der Waals surface area contributed by atoms with E-state index in [2.05, 4.69) is 33.1 Å². The first-order valence-electron chi connectivity index (χ1n) is 12.8. The zero-order valence-corrected chi connectivity index (χ0v) is 21.7. The van der Waals surface area contributed by atoms with Crippen LogP contribution in [0.4, 0.5) is 4.79 Å². The monoisotopic (exact) mass is 513 g/mol. The second kappa shape index (κ2) is 9.89. The van der Waals surface area contributed by atoms with Crippen molar-refractivity contribution >= 4 is 34.7 Å². The normalized spacial score (nSPS) is 20.7. The van der Waals surface area contributed by atoms with Gasteiger partial charge >= 0.3 is 6.03 Å². The van der Waals surface area contributed by atoms with E-state index in [1.807, 2.05) is 51.1 Å². The molecule has 2 unspecified atom stereocenters. The van der Waals surface area contributed by atoms with Gasteiger partial charge in [0.15, 0.2) is 5.54 Å². The number of pyridine rings is 1. The molecule has 0 aliphatic carbocycles. The molecule has 5 amide bonds. The van der Waals surface area contributed by atoms with Crippen molar-refractivity contribution in [2.24, 2.45) is 5.92 Å². The number of imide groups is 1. The average molecular weight is 514 g/mol. The molecule has 196 valence electrons. The highest BCUT2D eigenvalue weighted by Gasteiger charge is 2.58. The number of carbonyl (C=O) groups is 4. The van der Waals surface area contributed by atoms with Gasteiger partial charge in [-0.25, -0.2) is 4.79 Å². The highest BCUT2D eigenvalue weighted by molar-refractivity contribution is 6.09. The maximum absolute atomic E-state index is 13.2. The molecule has 2 aliphatic rings. The van der Waals surface area contributed by atoms with E-state index in [1.54, 1.807) is 17.0 Å². The molecule has 3 heterocycles. The van der Waals surface area contributed by atoms with Crippen molar-refractivity contribution in [2.45, 2.75) is 45.2 Å². The number of likely N-dealkylation sites (tertiary alicyclic amines) is 1. The molecule has 9 heteroatoms. The molecule has 3 aromatic rings. The molecule has 0 saturated carbocycles. The van der Waals surface area contributed by atoms with Crippen LogP contribution in [-0.4, -0.2) is 58.3 Å². The largest absolute Gasteiger partial charge is 0.345 e. The Morgan fingerprint density at radius 1 is 1.13 bits per heavy atom. The molecule has 2 fully saturated rings. The van der Waals surface area contributed by atoms with Crippen LogP contribution in [0.2, 0.25) is 0 Å². The molecule has 1 spiro atoms. The maximum Gasteiger partial charge on any atom is 0.322 e. The summed E-state index contributed by atoms with van der Waals surface area (Å²) >= 11 is 0. The van der Waals surface area contributed by atoms with Gasteiger partial charge in [-0.15, -0.1) is 0 Å². The summed E-state index contributed by atoms with van der Waals surface area (Å²) in [6.07, 6.45) is 1.01. The fourth-order valence-corrected chi connectivity index (χ4v) is 5.33. The molecule has 0 radical (unpaired) electrons. The van der Waals surface area contributed by atoms with Crippen LogP contribution in [0.25, 0.3) is 10.9 Å². The highest BCUT2D eigenvalue weighted by atomic mass is 16.2. The van der Waals surface area contributed by atoms with Crippen molar-refractivity contribution in [1.82, 2.24) is 25.8 Å². The van der Waals surface area contributed by atoms with E-state index in [9.17, 15) is 19.2 Å². The Bertz CT molecular complexity index is 1430. The van der Waals surface area contributed by atoms with Crippen LogP contribution in [0.1, 0.15) is 47.4 Å². The summed E-state index contributed by atoms with van der Waals surface area (Å²) in [7, 11) is 0. The van der Waals surface area contributed by atoms with Crippen molar-refractivity contribution in [2.75, 3.05) is 13.1 Å². The number of amides is 5. The van der Waals surface area contributed by atoms with Gasteiger partial charge in [-0.2, -0.15) is 0 Å². The number of aromatic nitrogens is 1. The Morgan fingerprint density at radius 2 is 1.87 bits per heavy atom. The zero-order valence-electron chi connectivity index (χ0n) is 21.7. The maximum atomic E-state index is 13.2. The van der Waals surface area contributed by atoms with Gasteiger partial charge in [0.05, 0.1) is 18.1 Å². The molecular formula is C29H31N5O4. The number of carbonyl (C=O) groups excluding carboxylic acids is 4. The molecule has 9 nitrogen and oxygen atoms in total. The number of para-hydroxylation sites is 1. The van der Waals surface area contributed by atoms with E-state index in [0.717, 1.165) is 27.7 Å². The van der Waals surface area contributed by atoms with Crippen molar-refractivity contribution in [1.29, 1.82) is 0 Å². The van der Waals surface area contributed by atoms with E-state index in [0.29, 0.717) is 18.4 Å². The Morgan fingerprint density at radius 3 is 2.55 bits per heavy atom.